The number of aliphatic hydroxyl groups is 1. The molecule has 1 unspecified atom stereocenters. The Morgan fingerprint density at radius 2 is 1.65 bits per heavy atom. The number of fused-ring (bicyclic) bond motifs is 5. The van der Waals surface area contributed by atoms with Crippen molar-refractivity contribution in [2.75, 3.05) is 46.3 Å². The Balaban J connectivity index is 1.09. The lowest BCUT2D eigenvalue weighted by Crippen LogP contribution is -2.53. The molecule has 5 N–H and O–H groups in total. The molecule has 4 aliphatic rings. The van der Waals surface area contributed by atoms with Gasteiger partial charge in [0, 0.05) is 84.0 Å². The van der Waals surface area contributed by atoms with Crippen molar-refractivity contribution in [2.45, 2.75) is 173 Å². The number of carbonyl (C=O) groups excluding carboxylic acids is 10. The topological polar surface area (TPSA) is 309 Å². The molecule has 6 rings (SSSR count). The lowest BCUT2D eigenvalue weighted by Gasteiger charge is -2.41. The van der Waals surface area contributed by atoms with Gasteiger partial charge in [0.2, 0.25) is 11.8 Å². The van der Waals surface area contributed by atoms with Crippen LogP contribution in [0.5, 0.6) is 5.75 Å². The molecular weight excluding hydrogens is 1160 g/mol. The first-order valence-corrected chi connectivity index (χ1v) is 30.2. The van der Waals surface area contributed by atoms with E-state index in [1.54, 1.807) is 62.4 Å². The number of benzene rings is 2. The molecule has 0 aliphatic carbocycles. The van der Waals surface area contributed by atoms with Gasteiger partial charge in [0.15, 0.2) is 5.78 Å². The Hall–Kier alpha value is -7.47. The number of methoxy groups -OCH3 is 2. The minimum Gasteiger partial charge on any atom is -0.495 e. The minimum atomic E-state index is -1.66. The average molecular weight is 1250 g/mol. The third kappa shape index (κ3) is 18.3. The summed E-state index contributed by atoms with van der Waals surface area (Å²) >= 11 is 6.84. The zero-order chi connectivity index (χ0) is 64.8. The molecule has 4 heterocycles. The number of likely N-dealkylation sites (N-methyl/N-ethyl adjacent to an activating group) is 1. The van der Waals surface area contributed by atoms with Gasteiger partial charge in [0.1, 0.15) is 58.7 Å². The number of epoxide rings is 1. The maximum atomic E-state index is 14.5. The predicted octanol–water partition coefficient (Wildman–Crippen LogP) is 6.34. The molecule has 0 spiro atoms. The summed E-state index contributed by atoms with van der Waals surface area (Å²) in [5.74, 6) is -4.96. The maximum absolute atomic E-state index is 14.5. The lowest BCUT2D eigenvalue weighted by molar-refractivity contribution is -0.187. The molecule has 480 valence electrons. The first kappa shape index (κ1) is 69.6. The van der Waals surface area contributed by atoms with E-state index in [9.17, 15) is 53.1 Å². The number of nitrogens with one attached hydrogen (secondary N) is 2. The number of nitrogens with two attached hydrogens (primary N) is 1. The number of ether oxygens (including phenoxy) is 6. The first-order chi connectivity index (χ1) is 41.6. The maximum Gasteiger partial charge on any atom is 0.410 e. The molecule has 0 saturated carbocycles. The molecule has 2 fully saturated rings. The SMILES string of the molecule is COc1cc2cc(c1Cl)N(C)C(=O)C[C@H](OC(=O)[C@H](C)N(C)C(=O)OCc1ccc(CC(=O)[C@H](CCCNC(N)=O)NC(=O)C(CC(=O)CCCCCN3C(=O)C=CC3=O)C(C)C)cc1)[C@]1(C)O[C@H]1[C@H](C)[C@@H]1C[C@@](O)(CC(=O)O1)[C@H](OC)/C=C/C=C(\C)C2. The van der Waals surface area contributed by atoms with Crippen LogP contribution in [0.1, 0.15) is 122 Å². The number of rotatable bonds is 25. The van der Waals surface area contributed by atoms with E-state index in [1.165, 1.54) is 52.3 Å². The highest BCUT2D eigenvalue weighted by Crippen LogP contribution is 2.50. The van der Waals surface area contributed by atoms with E-state index in [0.717, 1.165) is 20.9 Å². The third-order valence-electron chi connectivity index (χ3n) is 16.9. The molecule has 23 nitrogen and oxygen atoms in total. The number of esters is 2. The largest absolute Gasteiger partial charge is 0.495 e. The summed E-state index contributed by atoms with van der Waals surface area (Å²) in [6.45, 7) is 10.6. The van der Waals surface area contributed by atoms with Crippen molar-refractivity contribution in [3.05, 3.63) is 94.1 Å². The number of urea groups is 1. The number of ketones is 2. The Morgan fingerprint density at radius 1 is 0.966 bits per heavy atom. The summed E-state index contributed by atoms with van der Waals surface area (Å²) in [5, 5.41) is 17.5. The van der Waals surface area contributed by atoms with Crippen LogP contribution in [0.3, 0.4) is 0 Å². The van der Waals surface area contributed by atoms with Gasteiger partial charge in [0.25, 0.3) is 11.8 Å². The van der Waals surface area contributed by atoms with Gasteiger partial charge in [-0.1, -0.05) is 86.9 Å². The van der Waals surface area contributed by atoms with Crippen LogP contribution in [0, 0.1) is 17.8 Å². The van der Waals surface area contributed by atoms with E-state index in [0.29, 0.717) is 54.7 Å². The van der Waals surface area contributed by atoms with E-state index in [4.69, 9.17) is 45.8 Å². The zero-order valence-electron chi connectivity index (χ0n) is 51.9. The predicted molar refractivity (Wildman–Crippen MR) is 323 cm³/mol. The third-order valence-corrected chi connectivity index (χ3v) is 17.3. The van der Waals surface area contributed by atoms with Gasteiger partial charge in [0.05, 0.1) is 37.8 Å². The fourth-order valence-corrected chi connectivity index (χ4v) is 11.6. The van der Waals surface area contributed by atoms with E-state index >= 15 is 0 Å². The molecule has 7 amide bonds. The van der Waals surface area contributed by atoms with Crippen LogP contribution in [0.25, 0.3) is 0 Å². The Labute approximate surface area is 518 Å². The number of nitrogens with zero attached hydrogens (tertiary/aromatic N) is 3. The molecular formula is C64H85ClN6O17. The molecule has 4 bridgehead atoms. The summed E-state index contributed by atoms with van der Waals surface area (Å²) < 4.78 is 35.3. The van der Waals surface area contributed by atoms with E-state index in [2.05, 4.69) is 10.6 Å². The van der Waals surface area contributed by atoms with Crippen molar-refractivity contribution in [3.63, 3.8) is 0 Å². The second-order valence-electron chi connectivity index (χ2n) is 23.9. The van der Waals surface area contributed by atoms with Crippen molar-refractivity contribution in [2.24, 2.45) is 23.5 Å². The summed E-state index contributed by atoms with van der Waals surface area (Å²) in [5.41, 5.74) is 5.36. The molecule has 10 atom stereocenters. The van der Waals surface area contributed by atoms with Crippen LogP contribution < -0.4 is 26.0 Å². The average Bonchev–Trinajstić information content (AvgIpc) is 1.82. The van der Waals surface area contributed by atoms with Gasteiger partial charge in [-0.2, -0.15) is 0 Å². The second-order valence-corrected chi connectivity index (χ2v) is 24.3. The minimum absolute atomic E-state index is 0.0146. The zero-order valence-corrected chi connectivity index (χ0v) is 52.7. The van der Waals surface area contributed by atoms with Crippen molar-refractivity contribution in [1.82, 2.24) is 20.4 Å². The summed E-state index contributed by atoms with van der Waals surface area (Å²) in [4.78, 5) is 135. The number of allylic oxidation sites excluding steroid dienone is 3. The fourth-order valence-electron chi connectivity index (χ4n) is 11.2. The number of halogens is 1. The number of anilines is 1. The van der Waals surface area contributed by atoms with Crippen molar-refractivity contribution in [3.8, 4) is 5.75 Å². The Kier molecular flexibility index (Phi) is 24.6. The van der Waals surface area contributed by atoms with Gasteiger partial charge >= 0.3 is 24.1 Å². The molecule has 88 heavy (non-hydrogen) atoms. The summed E-state index contributed by atoms with van der Waals surface area (Å²) in [7, 11) is 5.79. The summed E-state index contributed by atoms with van der Waals surface area (Å²) in [6, 6.07) is 7.20. The standard InChI is InChI=1S/C64H85ClN6O17/c1-37(2)45(32-44(72)17-12-11-13-27-71-53(74)24-25-54(71)75)59(78)68-46(18-15-26-67-61(66)80)48(73)30-41-20-22-42(23-21-41)36-85-62(81)69(7)40(5)60(79)87-52-33-55(76)70(8)47-29-43(31-49(83-9)57(47)65)28-38(3)16-14-19-51(84-10)64(82)34-50(86-56(77)35-64)39(4)58-63(52,6)88-58/h14,16,19-25,29,31,37,39-40,45-46,50-52,58,82H,11-13,15,17-18,26-28,30,32-36H2,1-10H3,(H,68,78)(H3,66,67,80)/b19-14+,38-16+/t39-,40+,45?,46+,50+,51-,52+,58+,63+,64-/m1/s1. The molecule has 24 heteroatoms. The number of amides is 7. The van der Waals surface area contributed by atoms with Crippen LogP contribution in [0.4, 0.5) is 15.3 Å². The number of carbonyl (C=O) groups is 10. The normalized spacial score (nSPS) is 24.9. The van der Waals surface area contributed by atoms with E-state index < -0.39 is 102 Å². The highest BCUT2D eigenvalue weighted by Gasteiger charge is 2.64. The van der Waals surface area contributed by atoms with Crippen LogP contribution in [-0.4, -0.2) is 163 Å². The van der Waals surface area contributed by atoms with Crippen molar-refractivity contribution < 1.29 is 81.5 Å². The van der Waals surface area contributed by atoms with Crippen LogP contribution in [0.2, 0.25) is 5.02 Å². The van der Waals surface area contributed by atoms with Crippen molar-refractivity contribution in [1.29, 1.82) is 0 Å². The molecule has 2 aromatic rings. The number of primary amides is 1. The lowest BCUT2D eigenvalue weighted by atomic mass is 9.78. The van der Waals surface area contributed by atoms with E-state index in [1.807, 2.05) is 26.8 Å². The highest BCUT2D eigenvalue weighted by molar-refractivity contribution is 6.35. The van der Waals surface area contributed by atoms with Crippen molar-refractivity contribution >= 4 is 76.5 Å². The molecule has 4 aliphatic heterocycles. The molecule has 0 radical (unpaired) electrons. The Bertz CT molecular complexity index is 3000. The van der Waals surface area contributed by atoms with Gasteiger partial charge in [-0.05, 0) is 87.6 Å². The number of unbranched alkanes of at least 4 members (excludes halogenated alkanes) is 2. The number of imide groups is 1. The monoisotopic (exact) mass is 1240 g/mol. The van der Waals surface area contributed by atoms with Crippen LogP contribution >= 0.6 is 11.6 Å². The molecule has 2 aromatic carbocycles. The molecule has 0 aromatic heterocycles. The van der Waals surface area contributed by atoms with Gasteiger partial charge in [-0.3, -0.25) is 43.4 Å². The smallest absolute Gasteiger partial charge is 0.410 e. The Morgan fingerprint density at radius 3 is 2.30 bits per heavy atom. The van der Waals surface area contributed by atoms with E-state index in [-0.39, 0.29) is 92.5 Å². The van der Waals surface area contributed by atoms with Gasteiger partial charge in [-0.15, -0.1) is 0 Å². The highest BCUT2D eigenvalue weighted by atomic mass is 35.5. The van der Waals surface area contributed by atoms with Crippen LogP contribution in [-0.2, 0) is 81.5 Å². The van der Waals surface area contributed by atoms with Crippen LogP contribution in [0.15, 0.2) is 72.4 Å². The first-order valence-electron chi connectivity index (χ1n) is 29.8. The van der Waals surface area contributed by atoms with Gasteiger partial charge in [-0.25, -0.2) is 14.4 Å². The number of hydrogen-bond acceptors (Lipinski definition) is 17. The fraction of sp³-hybridized carbons (Fsp3) is 0.562. The number of hydrogen-bond donors (Lipinski definition) is 4. The summed E-state index contributed by atoms with van der Waals surface area (Å²) in [6.07, 6.45) is 4.86. The quantitative estimate of drug-likeness (QED) is 0.0277. The second kappa shape index (κ2) is 31.1. The molecule has 2 saturated heterocycles. The van der Waals surface area contributed by atoms with Gasteiger partial charge < -0.3 is 54.8 Å². The number of Topliss-reactive ketones (excluding diaryl/α,β-unsaturated/α-hetero) is 2.